The number of halogens is 1. The van der Waals surface area contributed by atoms with Crippen LogP contribution in [0.1, 0.15) is 17.9 Å². The third-order valence-electron chi connectivity index (χ3n) is 2.74. The number of nitrogens with two attached hydrogens (primary N) is 1. The molecule has 0 spiro atoms. The summed E-state index contributed by atoms with van der Waals surface area (Å²) in [4.78, 5) is 0. The summed E-state index contributed by atoms with van der Waals surface area (Å²) in [5.74, 6) is 0.691. The maximum atomic E-state index is 13.5. The van der Waals surface area contributed by atoms with Crippen LogP contribution in [0.25, 0.3) is 0 Å². The summed E-state index contributed by atoms with van der Waals surface area (Å²) in [6.07, 6.45) is 0.857. The normalized spacial score (nSPS) is 23.7. The van der Waals surface area contributed by atoms with Crippen LogP contribution in [0.5, 0.6) is 11.5 Å². The van der Waals surface area contributed by atoms with Crippen LogP contribution in [0.4, 0.5) is 4.39 Å². The topological polar surface area (TPSA) is 44.5 Å². The Morgan fingerprint density at radius 3 is 2.47 bits per heavy atom. The summed E-state index contributed by atoms with van der Waals surface area (Å²) in [6.45, 7) is 0. The molecule has 82 valence electrons. The van der Waals surface area contributed by atoms with Gasteiger partial charge in [0.05, 0.1) is 14.2 Å². The van der Waals surface area contributed by atoms with E-state index in [2.05, 4.69) is 0 Å². The molecule has 3 nitrogen and oxygen atoms in total. The first kappa shape index (κ1) is 10.2. The van der Waals surface area contributed by atoms with Gasteiger partial charge in [-0.05, 0) is 18.6 Å². The van der Waals surface area contributed by atoms with Crippen LogP contribution in [-0.2, 0) is 0 Å². The van der Waals surface area contributed by atoms with Crippen LogP contribution >= 0.6 is 0 Å². The molecule has 2 rings (SSSR count). The molecule has 2 unspecified atom stereocenters. The Morgan fingerprint density at radius 2 is 2.00 bits per heavy atom. The van der Waals surface area contributed by atoms with Crippen molar-refractivity contribution >= 4 is 0 Å². The van der Waals surface area contributed by atoms with Gasteiger partial charge in [0.15, 0.2) is 11.6 Å². The monoisotopic (exact) mass is 211 g/mol. The van der Waals surface area contributed by atoms with E-state index in [0.29, 0.717) is 5.75 Å². The van der Waals surface area contributed by atoms with Crippen molar-refractivity contribution in [2.24, 2.45) is 5.73 Å². The fourth-order valence-corrected chi connectivity index (χ4v) is 1.84. The predicted octanol–water partition coefficient (Wildman–Crippen LogP) is 1.66. The second-order valence-corrected chi connectivity index (χ2v) is 3.70. The number of hydrogen-bond donors (Lipinski definition) is 1. The molecule has 0 aliphatic heterocycles. The van der Waals surface area contributed by atoms with Crippen molar-refractivity contribution in [1.29, 1.82) is 0 Å². The molecule has 1 aliphatic rings. The fraction of sp³-hybridized carbons (Fsp3) is 0.455. The zero-order chi connectivity index (χ0) is 11.0. The molecule has 2 atom stereocenters. The molecule has 0 radical (unpaired) electrons. The minimum Gasteiger partial charge on any atom is -0.496 e. The maximum Gasteiger partial charge on any atom is 0.165 e. The molecule has 0 heterocycles. The predicted molar refractivity (Wildman–Crippen MR) is 54.8 cm³/mol. The Kier molecular flexibility index (Phi) is 2.52. The van der Waals surface area contributed by atoms with Crippen LogP contribution < -0.4 is 15.2 Å². The lowest BCUT2D eigenvalue weighted by Gasteiger charge is -2.13. The molecule has 2 N–H and O–H groups in total. The molecule has 0 saturated heterocycles. The van der Waals surface area contributed by atoms with E-state index in [1.54, 1.807) is 13.2 Å². The highest BCUT2D eigenvalue weighted by atomic mass is 19.1. The number of hydrogen-bond acceptors (Lipinski definition) is 3. The standard InChI is InChI=1S/C11H14FNO2/c1-14-9-4-3-7(12)11(15-2)10(9)6-5-8(6)13/h3-4,6,8H,5,13H2,1-2H3. The van der Waals surface area contributed by atoms with Crippen LogP contribution in [0.3, 0.4) is 0 Å². The Balaban J connectivity index is 2.50. The summed E-state index contributed by atoms with van der Waals surface area (Å²) in [5.41, 5.74) is 6.52. The molecule has 1 fully saturated rings. The van der Waals surface area contributed by atoms with Gasteiger partial charge in [-0.3, -0.25) is 0 Å². The number of methoxy groups -OCH3 is 2. The first-order valence-electron chi connectivity index (χ1n) is 4.85. The Bertz CT molecular complexity index is 381. The second kappa shape index (κ2) is 3.70. The smallest absolute Gasteiger partial charge is 0.165 e. The minimum absolute atomic E-state index is 0.0922. The summed E-state index contributed by atoms with van der Waals surface area (Å²) in [5, 5.41) is 0. The molecule has 1 aromatic rings. The van der Waals surface area contributed by atoms with Crippen molar-refractivity contribution in [3.05, 3.63) is 23.5 Å². The molecular formula is C11H14FNO2. The summed E-state index contributed by atoms with van der Waals surface area (Å²) < 4.78 is 23.7. The quantitative estimate of drug-likeness (QED) is 0.826. The molecule has 0 aromatic heterocycles. The average molecular weight is 211 g/mol. The van der Waals surface area contributed by atoms with E-state index in [1.165, 1.54) is 13.2 Å². The van der Waals surface area contributed by atoms with Gasteiger partial charge < -0.3 is 15.2 Å². The van der Waals surface area contributed by atoms with Crippen molar-refractivity contribution in [1.82, 2.24) is 0 Å². The van der Waals surface area contributed by atoms with E-state index in [9.17, 15) is 4.39 Å². The Morgan fingerprint density at radius 1 is 1.33 bits per heavy atom. The van der Waals surface area contributed by atoms with Crippen molar-refractivity contribution < 1.29 is 13.9 Å². The minimum atomic E-state index is -0.368. The molecular weight excluding hydrogens is 197 g/mol. The first-order valence-corrected chi connectivity index (χ1v) is 4.85. The largest absolute Gasteiger partial charge is 0.496 e. The first-order chi connectivity index (χ1) is 7.19. The van der Waals surface area contributed by atoms with E-state index >= 15 is 0 Å². The van der Waals surface area contributed by atoms with E-state index < -0.39 is 0 Å². The molecule has 1 aromatic carbocycles. The SMILES string of the molecule is COc1ccc(F)c(OC)c1C1CC1N. The highest BCUT2D eigenvalue weighted by Gasteiger charge is 2.40. The lowest BCUT2D eigenvalue weighted by molar-refractivity contribution is 0.365. The van der Waals surface area contributed by atoms with Crippen LogP contribution in [0.2, 0.25) is 0 Å². The van der Waals surface area contributed by atoms with Gasteiger partial charge in [0.1, 0.15) is 5.75 Å². The third kappa shape index (κ3) is 1.65. The van der Waals surface area contributed by atoms with Crippen molar-refractivity contribution in [2.75, 3.05) is 14.2 Å². The molecule has 1 saturated carbocycles. The lowest BCUT2D eigenvalue weighted by atomic mass is 10.1. The molecule has 1 aliphatic carbocycles. The Hall–Kier alpha value is -1.29. The number of ether oxygens (including phenoxy) is 2. The third-order valence-corrected chi connectivity index (χ3v) is 2.74. The van der Waals surface area contributed by atoms with Gasteiger partial charge in [-0.15, -0.1) is 0 Å². The van der Waals surface area contributed by atoms with E-state index in [-0.39, 0.29) is 23.5 Å². The summed E-state index contributed by atoms with van der Waals surface area (Å²) in [6, 6.07) is 3.04. The van der Waals surface area contributed by atoms with Gasteiger partial charge in [-0.25, -0.2) is 4.39 Å². The number of rotatable bonds is 3. The zero-order valence-electron chi connectivity index (χ0n) is 8.79. The van der Waals surface area contributed by atoms with Crippen molar-refractivity contribution in [3.8, 4) is 11.5 Å². The zero-order valence-corrected chi connectivity index (χ0v) is 8.79. The average Bonchev–Trinajstić information content (AvgIpc) is 2.94. The van der Waals surface area contributed by atoms with Gasteiger partial charge in [-0.2, -0.15) is 0 Å². The Labute approximate surface area is 88.0 Å². The molecule has 0 amide bonds. The van der Waals surface area contributed by atoms with Crippen molar-refractivity contribution in [2.45, 2.75) is 18.4 Å². The van der Waals surface area contributed by atoms with Crippen molar-refractivity contribution in [3.63, 3.8) is 0 Å². The van der Waals surface area contributed by atoms with Gasteiger partial charge >= 0.3 is 0 Å². The van der Waals surface area contributed by atoms with E-state index in [1.807, 2.05) is 0 Å². The van der Waals surface area contributed by atoms with Crippen LogP contribution in [-0.4, -0.2) is 20.3 Å². The van der Waals surface area contributed by atoms with Gasteiger partial charge in [-0.1, -0.05) is 0 Å². The summed E-state index contributed by atoms with van der Waals surface area (Å²) >= 11 is 0. The number of benzene rings is 1. The van der Waals surface area contributed by atoms with Crippen LogP contribution in [0.15, 0.2) is 12.1 Å². The second-order valence-electron chi connectivity index (χ2n) is 3.70. The lowest BCUT2D eigenvalue weighted by Crippen LogP contribution is -2.04. The van der Waals surface area contributed by atoms with Crippen LogP contribution in [0, 0.1) is 5.82 Å². The molecule has 15 heavy (non-hydrogen) atoms. The van der Waals surface area contributed by atoms with E-state index in [4.69, 9.17) is 15.2 Å². The maximum absolute atomic E-state index is 13.5. The van der Waals surface area contributed by atoms with Gasteiger partial charge in [0, 0.05) is 17.5 Å². The highest BCUT2D eigenvalue weighted by Crippen LogP contribution is 2.48. The van der Waals surface area contributed by atoms with E-state index in [0.717, 1.165) is 12.0 Å². The summed E-state index contributed by atoms with van der Waals surface area (Å²) in [7, 11) is 3.01. The highest BCUT2D eigenvalue weighted by molar-refractivity contribution is 5.51. The van der Waals surface area contributed by atoms with Gasteiger partial charge in [0.25, 0.3) is 0 Å². The molecule has 4 heteroatoms. The van der Waals surface area contributed by atoms with Gasteiger partial charge in [0.2, 0.25) is 0 Å². The fourth-order valence-electron chi connectivity index (χ4n) is 1.84. The molecule has 0 bridgehead atoms.